The first-order chi connectivity index (χ1) is 10.1. The van der Waals surface area contributed by atoms with E-state index < -0.39 is 0 Å². The maximum Gasteiger partial charge on any atom is 0.242 e. The fourth-order valence-corrected chi connectivity index (χ4v) is 4.64. The van der Waals surface area contributed by atoms with Gasteiger partial charge in [0.15, 0.2) is 5.82 Å². The molecule has 0 radical (unpaired) electrons. The van der Waals surface area contributed by atoms with Crippen LogP contribution in [0, 0.1) is 5.92 Å². The molecule has 21 heavy (non-hydrogen) atoms. The van der Waals surface area contributed by atoms with Crippen molar-refractivity contribution in [1.82, 2.24) is 9.97 Å². The summed E-state index contributed by atoms with van der Waals surface area (Å²) in [5.74, 6) is 1.37. The maximum atomic E-state index is 13.0. The zero-order valence-electron chi connectivity index (χ0n) is 12.4. The summed E-state index contributed by atoms with van der Waals surface area (Å²) in [4.78, 5) is 24.2. The van der Waals surface area contributed by atoms with Crippen molar-refractivity contribution >= 4 is 35.1 Å². The summed E-state index contributed by atoms with van der Waals surface area (Å²) in [5.41, 5.74) is 0. The highest BCUT2D eigenvalue weighted by Crippen LogP contribution is 2.45. The van der Waals surface area contributed by atoms with Gasteiger partial charge in [0.1, 0.15) is 0 Å². The predicted molar refractivity (Wildman–Crippen MR) is 85.9 cm³/mol. The average Bonchev–Trinajstić information content (AvgIpc) is 3.00. The van der Waals surface area contributed by atoms with Gasteiger partial charge in [-0.25, -0.2) is 4.98 Å². The molecule has 2 unspecified atom stereocenters. The Hall–Kier alpha value is -0.810. The number of carbonyl (C=O) groups excluding carboxylic acids is 1. The largest absolute Gasteiger partial charge is 0.292 e. The van der Waals surface area contributed by atoms with Gasteiger partial charge in [0, 0.05) is 12.2 Å². The molecule has 114 valence electrons. The Kier molecular flexibility index (Phi) is 4.41. The van der Waals surface area contributed by atoms with E-state index in [1.54, 1.807) is 18.0 Å². The van der Waals surface area contributed by atoms with Crippen LogP contribution in [0.25, 0.3) is 0 Å². The molecule has 1 fully saturated rings. The molecule has 0 aromatic carbocycles. The number of anilines is 1. The normalized spacial score (nSPS) is 24.2. The number of thioether (sulfide) groups is 1. The molecule has 2 aliphatic rings. The minimum atomic E-state index is 0.0128. The van der Waals surface area contributed by atoms with Crippen LogP contribution in [0.4, 0.5) is 5.82 Å². The molecule has 0 saturated heterocycles. The summed E-state index contributed by atoms with van der Waals surface area (Å²) in [5, 5.41) is 0.216. The first kappa shape index (κ1) is 15.1. The lowest BCUT2D eigenvalue weighted by Gasteiger charge is -2.38. The fraction of sp³-hybridized carbons (Fsp3) is 0.667. The minimum absolute atomic E-state index is 0.0128. The fourth-order valence-electron chi connectivity index (χ4n) is 3.19. The summed E-state index contributed by atoms with van der Waals surface area (Å²) in [6.07, 6.45) is 7.45. The van der Waals surface area contributed by atoms with Gasteiger partial charge in [-0.2, -0.15) is 4.98 Å². The van der Waals surface area contributed by atoms with E-state index in [2.05, 4.69) is 23.8 Å². The minimum Gasteiger partial charge on any atom is -0.292 e. The first-order valence-electron chi connectivity index (χ1n) is 7.64. The molecule has 1 amide bonds. The van der Waals surface area contributed by atoms with Gasteiger partial charge in [0.25, 0.3) is 0 Å². The average molecular weight is 326 g/mol. The lowest BCUT2D eigenvalue weighted by Crippen LogP contribution is -2.48. The number of rotatable bonds is 3. The summed E-state index contributed by atoms with van der Waals surface area (Å²) < 4.78 is 0. The second kappa shape index (κ2) is 6.13. The molecule has 6 heteroatoms. The second-order valence-electron chi connectivity index (χ2n) is 5.88. The van der Waals surface area contributed by atoms with Crippen LogP contribution in [0.15, 0.2) is 11.1 Å². The van der Waals surface area contributed by atoms with Crippen molar-refractivity contribution in [2.24, 2.45) is 5.92 Å². The van der Waals surface area contributed by atoms with E-state index in [1.807, 2.05) is 4.90 Å². The van der Waals surface area contributed by atoms with E-state index in [9.17, 15) is 4.79 Å². The highest BCUT2D eigenvalue weighted by atomic mass is 35.5. The molecule has 1 aromatic heterocycles. The third-order valence-electron chi connectivity index (χ3n) is 4.53. The van der Waals surface area contributed by atoms with Crippen molar-refractivity contribution in [3.8, 4) is 0 Å². The summed E-state index contributed by atoms with van der Waals surface area (Å²) in [7, 11) is 0. The maximum absolute atomic E-state index is 13.0. The lowest BCUT2D eigenvalue weighted by molar-refractivity contribution is -0.119. The Morgan fingerprint density at radius 1 is 1.48 bits per heavy atom. The van der Waals surface area contributed by atoms with Crippen LogP contribution < -0.4 is 4.90 Å². The number of hydrogen-bond acceptors (Lipinski definition) is 4. The quantitative estimate of drug-likeness (QED) is 0.790. The van der Waals surface area contributed by atoms with E-state index in [0.29, 0.717) is 11.7 Å². The Morgan fingerprint density at radius 3 is 2.86 bits per heavy atom. The monoisotopic (exact) mass is 325 g/mol. The standard InChI is InChI=1S/C15H20ClN3OS/c1-3-9(2)19-13-11(8-17-15(16)18-13)21-12(14(19)20)10-6-4-5-7-10/h8-10,12H,3-7H2,1-2H3. The van der Waals surface area contributed by atoms with Crippen molar-refractivity contribution in [2.45, 2.75) is 62.1 Å². The third-order valence-corrected chi connectivity index (χ3v) is 6.09. The molecule has 4 nitrogen and oxygen atoms in total. The van der Waals surface area contributed by atoms with Gasteiger partial charge in [-0.1, -0.05) is 19.8 Å². The Morgan fingerprint density at radius 2 is 2.19 bits per heavy atom. The van der Waals surface area contributed by atoms with Crippen molar-refractivity contribution in [1.29, 1.82) is 0 Å². The van der Waals surface area contributed by atoms with Crippen LogP contribution in [0.2, 0.25) is 5.28 Å². The Labute approximate surface area is 134 Å². The van der Waals surface area contributed by atoms with Gasteiger partial charge in [-0.05, 0) is 43.7 Å². The molecule has 3 rings (SSSR count). The molecule has 0 N–H and O–H groups in total. The highest BCUT2D eigenvalue weighted by molar-refractivity contribution is 8.01. The second-order valence-corrected chi connectivity index (χ2v) is 7.40. The molecule has 1 aliphatic heterocycles. The summed E-state index contributed by atoms with van der Waals surface area (Å²) >= 11 is 7.56. The van der Waals surface area contributed by atoms with Crippen LogP contribution in [0.5, 0.6) is 0 Å². The van der Waals surface area contributed by atoms with Crippen molar-refractivity contribution in [2.75, 3.05) is 4.90 Å². The van der Waals surface area contributed by atoms with Crippen molar-refractivity contribution in [3.05, 3.63) is 11.5 Å². The van der Waals surface area contributed by atoms with Gasteiger partial charge >= 0.3 is 0 Å². The number of hydrogen-bond donors (Lipinski definition) is 0. The molecule has 2 atom stereocenters. The highest BCUT2D eigenvalue weighted by Gasteiger charge is 2.41. The van der Waals surface area contributed by atoms with Crippen LogP contribution in [0.1, 0.15) is 46.0 Å². The molecule has 1 aromatic rings. The van der Waals surface area contributed by atoms with Crippen LogP contribution >= 0.6 is 23.4 Å². The number of amides is 1. The number of aromatic nitrogens is 2. The van der Waals surface area contributed by atoms with Crippen molar-refractivity contribution in [3.63, 3.8) is 0 Å². The molecular formula is C15H20ClN3OS. The van der Waals surface area contributed by atoms with Crippen LogP contribution in [-0.2, 0) is 4.79 Å². The smallest absolute Gasteiger partial charge is 0.242 e. The molecular weight excluding hydrogens is 306 g/mol. The molecule has 2 heterocycles. The van der Waals surface area contributed by atoms with Gasteiger partial charge < -0.3 is 0 Å². The lowest BCUT2D eigenvalue weighted by atomic mass is 10.0. The van der Waals surface area contributed by atoms with E-state index in [4.69, 9.17) is 11.6 Å². The van der Waals surface area contributed by atoms with Gasteiger partial charge in [-0.3, -0.25) is 9.69 Å². The Balaban J connectivity index is 2.00. The van der Waals surface area contributed by atoms with Crippen molar-refractivity contribution < 1.29 is 4.79 Å². The van der Waals surface area contributed by atoms with Gasteiger partial charge in [0.2, 0.25) is 11.2 Å². The molecule has 0 bridgehead atoms. The predicted octanol–water partition coefficient (Wildman–Crippen LogP) is 3.93. The SMILES string of the molecule is CCC(C)N1C(=O)C(C2CCCC2)Sc2cnc(Cl)nc21. The third kappa shape index (κ3) is 2.78. The van der Waals surface area contributed by atoms with E-state index in [0.717, 1.165) is 24.2 Å². The van der Waals surface area contributed by atoms with E-state index >= 15 is 0 Å². The topological polar surface area (TPSA) is 46.1 Å². The molecule has 1 saturated carbocycles. The summed E-state index contributed by atoms with van der Waals surface area (Å²) in [6.45, 7) is 4.16. The van der Waals surface area contributed by atoms with Crippen LogP contribution in [-0.4, -0.2) is 27.2 Å². The number of carbonyl (C=O) groups is 1. The van der Waals surface area contributed by atoms with Gasteiger partial charge in [-0.15, -0.1) is 11.8 Å². The number of fused-ring (bicyclic) bond motifs is 1. The Bertz CT molecular complexity index is 548. The zero-order chi connectivity index (χ0) is 15.0. The number of halogens is 1. The molecule has 0 spiro atoms. The number of nitrogens with zero attached hydrogens (tertiary/aromatic N) is 3. The zero-order valence-corrected chi connectivity index (χ0v) is 14.0. The van der Waals surface area contributed by atoms with Gasteiger partial charge in [0.05, 0.1) is 10.1 Å². The van der Waals surface area contributed by atoms with E-state index in [1.165, 1.54) is 12.8 Å². The molecule has 1 aliphatic carbocycles. The summed E-state index contributed by atoms with van der Waals surface area (Å²) in [6, 6.07) is 0.131. The first-order valence-corrected chi connectivity index (χ1v) is 8.89. The van der Waals surface area contributed by atoms with Crippen LogP contribution in [0.3, 0.4) is 0 Å². The van der Waals surface area contributed by atoms with E-state index in [-0.39, 0.29) is 22.5 Å².